The quantitative estimate of drug-likeness (QED) is 0.790. The molecule has 1 aliphatic rings. The summed E-state index contributed by atoms with van der Waals surface area (Å²) in [5, 5.41) is 12.0. The van der Waals surface area contributed by atoms with Crippen molar-refractivity contribution in [1.29, 1.82) is 0 Å². The molecule has 1 amide bonds. The van der Waals surface area contributed by atoms with Crippen molar-refractivity contribution in [3.8, 4) is 0 Å². The van der Waals surface area contributed by atoms with Gasteiger partial charge in [-0.15, -0.1) is 5.10 Å². The summed E-state index contributed by atoms with van der Waals surface area (Å²) >= 11 is 1.35. The summed E-state index contributed by atoms with van der Waals surface area (Å²) in [7, 11) is 1.77. The summed E-state index contributed by atoms with van der Waals surface area (Å²) in [4.78, 5) is 15.0. The number of nitrogens with zero attached hydrogens (tertiary/aromatic N) is 5. The van der Waals surface area contributed by atoms with Gasteiger partial charge in [-0.2, -0.15) is 0 Å². The number of fused-ring (bicyclic) bond motifs is 1. The highest BCUT2D eigenvalue weighted by atomic mass is 32.2. The van der Waals surface area contributed by atoms with Crippen molar-refractivity contribution in [2.45, 2.75) is 45.3 Å². The lowest BCUT2D eigenvalue weighted by molar-refractivity contribution is -0.116. The molecular formula is C18H23N5OS. The van der Waals surface area contributed by atoms with Crippen molar-refractivity contribution in [3.63, 3.8) is 0 Å². The third-order valence-electron chi connectivity index (χ3n) is 4.58. The molecule has 132 valence electrons. The highest BCUT2D eigenvalue weighted by molar-refractivity contribution is 7.99. The van der Waals surface area contributed by atoms with Crippen LogP contribution >= 0.6 is 11.8 Å². The minimum atomic E-state index is -0.380. The van der Waals surface area contributed by atoms with Gasteiger partial charge < -0.3 is 4.90 Å². The van der Waals surface area contributed by atoms with Gasteiger partial charge in [-0.05, 0) is 73.9 Å². The molecule has 0 spiro atoms. The first-order valence-electron chi connectivity index (χ1n) is 8.20. The third-order valence-corrected chi connectivity index (χ3v) is 5.57. The average molecular weight is 357 g/mol. The van der Waals surface area contributed by atoms with E-state index in [0.717, 1.165) is 11.3 Å². The molecule has 0 fully saturated rings. The Morgan fingerprint density at radius 2 is 1.88 bits per heavy atom. The largest absolute Gasteiger partial charge is 0.302 e. The lowest BCUT2D eigenvalue weighted by Crippen LogP contribution is -2.49. The fourth-order valence-electron chi connectivity index (χ4n) is 3.27. The Balaban J connectivity index is 1.95. The highest BCUT2D eigenvalue weighted by Gasteiger charge is 2.36. The van der Waals surface area contributed by atoms with Crippen LogP contribution in [0, 0.1) is 13.8 Å². The number of carbonyl (C=O) groups excluding carboxylic acids is 1. The Morgan fingerprint density at radius 3 is 2.52 bits per heavy atom. The monoisotopic (exact) mass is 357 g/mol. The number of benzene rings is 1. The van der Waals surface area contributed by atoms with Crippen LogP contribution in [-0.2, 0) is 11.8 Å². The Hall–Kier alpha value is -2.15. The van der Waals surface area contributed by atoms with Crippen LogP contribution in [0.3, 0.4) is 0 Å². The molecule has 0 saturated heterocycles. The molecule has 0 aliphatic carbocycles. The van der Waals surface area contributed by atoms with Gasteiger partial charge in [0, 0.05) is 12.6 Å². The first-order valence-corrected chi connectivity index (χ1v) is 9.18. The minimum Gasteiger partial charge on any atom is -0.302 e. The lowest BCUT2D eigenvalue weighted by Gasteiger charge is -2.42. The van der Waals surface area contributed by atoms with E-state index in [1.54, 1.807) is 11.7 Å². The highest BCUT2D eigenvalue weighted by Crippen LogP contribution is 2.40. The molecule has 1 aliphatic heterocycles. The van der Waals surface area contributed by atoms with E-state index >= 15 is 0 Å². The Labute approximate surface area is 152 Å². The van der Waals surface area contributed by atoms with Crippen LogP contribution < -0.4 is 4.90 Å². The molecule has 0 unspecified atom stereocenters. The standard InChI is InChI=1S/C18H23N5OS/c1-11-7-14-13(3)9-18(4,5)23(15(14)8-12(11)2)16(24)10-25-17-19-20-21-22(17)6/h7-9H,10H2,1-6H3. The van der Waals surface area contributed by atoms with Gasteiger partial charge >= 0.3 is 0 Å². The van der Waals surface area contributed by atoms with Crippen LogP contribution in [0.15, 0.2) is 23.4 Å². The molecule has 6 nitrogen and oxygen atoms in total. The number of amides is 1. The Kier molecular flexibility index (Phi) is 4.45. The molecule has 3 rings (SSSR count). The number of aryl methyl sites for hydroxylation is 3. The van der Waals surface area contributed by atoms with Crippen molar-refractivity contribution in [1.82, 2.24) is 20.2 Å². The van der Waals surface area contributed by atoms with E-state index in [1.807, 2.05) is 4.90 Å². The average Bonchev–Trinajstić information content (AvgIpc) is 2.92. The van der Waals surface area contributed by atoms with Gasteiger partial charge in [0.05, 0.1) is 17.0 Å². The molecule has 0 radical (unpaired) electrons. The predicted molar refractivity (Wildman–Crippen MR) is 101 cm³/mol. The van der Waals surface area contributed by atoms with Crippen molar-refractivity contribution in [2.75, 3.05) is 10.7 Å². The van der Waals surface area contributed by atoms with Crippen molar-refractivity contribution in [3.05, 3.63) is 34.9 Å². The second-order valence-corrected chi connectivity index (χ2v) is 7.98. The van der Waals surface area contributed by atoms with Crippen LogP contribution in [0.4, 0.5) is 5.69 Å². The molecule has 2 aromatic rings. The van der Waals surface area contributed by atoms with Crippen molar-refractivity contribution >= 4 is 28.9 Å². The van der Waals surface area contributed by atoms with Gasteiger partial charge in [0.15, 0.2) is 0 Å². The maximum Gasteiger partial charge on any atom is 0.238 e. The number of anilines is 1. The zero-order chi connectivity index (χ0) is 18.4. The van der Waals surface area contributed by atoms with Gasteiger partial charge in [-0.1, -0.05) is 17.8 Å². The topological polar surface area (TPSA) is 63.9 Å². The molecular weight excluding hydrogens is 334 g/mol. The first kappa shape index (κ1) is 17.7. The number of carbonyl (C=O) groups is 1. The fraction of sp³-hybridized carbons (Fsp3) is 0.444. The zero-order valence-corrected chi connectivity index (χ0v) is 16.3. The first-order chi connectivity index (χ1) is 11.7. The van der Waals surface area contributed by atoms with Crippen LogP contribution in [-0.4, -0.2) is 37.4 Å². The fourth-order valence-corrected chi connectivity index (χ4v) is 3.97. The lowest BCUT2D eigenvalue weighted by atomic mass is 9.87. The van der Waals surface area contributed by atoms with E-state index in [4.69, 9.17) is 0 Å². The van der Waals surface area contributed by atoms with Crippen LogP contribution in [0.1, 0.15) is 37.5 Å². The molecule has 2 heterocycles. The van der Waals surface area contributed by atoms with Gasteiger partial charge in [-0.3, -0.25) is 4.79 Å². The number of hydrogen-bond donors (Lipinski definition) is 0. The van der Waals surface area contributed by atoms with E-state index in [1.165, 1.54) is 28.5 Å². The van der Waals surface area contributed by atoms with Crippen LogP contribution in [0.2, 0.25) is 0 Å². The normalized spacial score (nSPS) is 15.8. The number of thioether (sulfide) groups is 1. The maximum atomic E-state index is 13.1. The number of hydrogen-bond acceptors (Lipinski definition) is 5. The second kappa shape index (κ2) is 6.29. The molecule has 0 atom stereocenters. The van der Waals surface area contributed by atoms with E-state index in [9.17, 15) is 4.79 Å². The predicted octanol–water partition coefficient (Wildman–Crippen LogP) is 3.15. The number of aromatic nitrogens is 4. The molecule has 0 bridgehead atoms. The molecule has 0 saturated carbocycles. The van der Waals surface area contributed by atoms with Gasteiger partial charge in [-0.25, -0.2) is 4.68 Å². The summed E-state index contributed by atoms with van der Waals surface area (Å²) < 4.78 is 1.57. The second-order valence-electron chi connectivity index (χ2n) is 7.04. The Morgan fingerprint density at radius 1 is 1.20 bits per heavy atom. The van der Waals surface area contributed by atoms with Crippen LogP contribution in [0.25, 0.3) is 5.57 Å². The van der Waals surface area contributed by atoms with E-state index < -0.39 is 0 Å². The van der Waals surface area contributed by atoms with Crippen molar-refractivity contribution in [2.24, 2.45) is 7.05 Å². The summed E-state index contributed by atoms with van der Waals surface area (Å²) in [5.41, 5.74) is 5.35. The number of allylic oxidation sites excluding steroid dienone is 1. The zero-order valence-electron chi connectivity index (χ0n) is 15.5. The molecule has 0 N–H and O–H groups in total. The molecule has 1 aromatic heterocycles. The Bertz CT molecular complexity index is 868. The number of tetrazole rings is 1. The summed E-state index contributed by atoms with van der Waals surface area (Å²) in [5.74, 6) is 0.336. The van der Waals surface area contributed by atoms with Crippen molar-refractivity contribution < 1.29 is 4.79 Å². The molecule has 1 aromatic carbocycles. The van der Waals surface area contributed by atoms with Gasteiger partial charge in [0.1, 0.15) is 0 Å². The molecule has 7 heteroatoms. The van der Waals surface area contributed by atoms with E-state index in [2.05, 4.69) is 68.4 Å². The summed E-state index contributed by atoms with van der Waals surface area (Å²) in [6.07, 6.45) is 2.16. The minimum absolute atomic E-state index is 0.0475. The number of rotatable bonds is 3. The SMILES string of the molecule is CC1=CC(C)(C)N(C(=O)CSc2nnnn2C)c2cc(C)c(C)cc21. The smallest absolute Gasteiger partial charge is 0.238 e. The van der Waals surface area contributed by atoms with Crippen LogP contribution in [0.5, 0.6) is 0 Å². The summed E-state index contributed by atoms with van der Waals surface area (Å²) in [6, 6.07) is 4.29. The van der Waals surface area contributed by atoms with Gasteiger partial charge in [0.2, 0.25) is 11.1 Å². The molecule has 25 heavy (non-hydrogen) atoms. The summed E-state index contributed by atoms with van der Waals surface area (Å²) in [6.45, 7) is 10.4. The van der Waals surface area contributed by atoms with E-state index in [-0.39, 0.29) is 17.2 Å². The van der Waals surface area contributed by atoms with E-state index in [0.29, 0.717) is 5.16 Å². The third kappa shape index (κ3) is 3.20. The van der Waals surface area contributed by atoms with Gasteiger partial charge in [0.25, 0.3) is 0 Å². The maximum absolute atomic E-state index is 13.1.